The Hall–Kier alpha value is -2.30. The lowest BCUT2D eigenvalue weighted by atomic mass is 9.79. The number of rotatable bonds is 6. The number of nitrogens with zero attached hydrogens (tertiary/aromatic N) is 1. The largest absolute Gasteiger partial charge is 0.489 e. The maximum Gasteiger partial charge on any atom is 0.224 e. The highest BCUT2D eigenvalue weighted by molar-refractivity contribution is 5.79. The fourth-order valence-corrected chi connectivity index (χ4v) is 6.24. The maximum absolute atomic E-state index is 12.6. The van der Waals surface area contributed by atoms with Crippen molar-refractivity contribution in [1.29, 1.82) is 0 Å². The average molecular weight is 395 g/mol. The Labute approximate surface area is 172 Å². The van der Waals surface area contributed by atoms with Crippen LogP contribution in [0.1, 0.15) is 54.7 Å². The van der Waals surface area contributed by atoms with Crippen LogP contribution in [-0.4, -0.2) is 17.1 Å². The Morgan fingerprint density at radius 2 is 1.93 bits per heavy atom. The van der Waals surface area contributed by atoms with Gasteiger partial charge in [-0.25, -0.2) is 0 Å². The standard InChI is InChI=1S/C24H30N2O3/c1-14-22(15(2)29-26-14)13-28-18-8-6-16(7-9-18)10-24(27)25-23-12-17-11-21(23)20-5-3-4-19(17)20/h6-9,17,19-21,23H,3-5,10-13H2,1-2H3,(H,25,27)/t17-,19+,20-,21+,23-/m1/s1. The quantitative estimate of drug-likeness (QED) is 0.791. The summed E-state index contributed by atoms with van der Waals surface area (Å²) in [6.07, 6.45) is 7.19. The minimum absolute atomic E-state index is 0.154. The number of ether oxygens (including phenoxy) is 1. The van der Waals surface area contributed by atoms with Gasteiger partial charge in [-0.15, -0.1) is 0 Å². The normalized spacial score (nSPS) is 29.8. The molecule has 0 unspecified atom stereocenters. The van der Waals surface area contributed by atoms with Crippen molar-refractivity contribution < 1.29 is 14.1 Å². The second kappa shape index (κ2) is 7.51. The van der Waals surface area contributed by atoms with Crippen molar-refractivity contribution in [2.24, 2.45) is 23.7 Å². The van der Waals surface area contributed by atoms with Gasteiger partial charge in [0.1, 0.15) is 18.1 Å². The summed E-state index contributed by atoms with van der Waals surface area (Å²) < 4.78 is 11.0. The molecular weight excluding hydrogens is 364 g/mol. The number of aromatic nitrogens is 1. The molecule has 5 rings (SSSR count). The van der Waals surface area contributed by atoms with Crippen LogP contribution in [0.3, 0.4) is 0 Å². The summed E-state index contributed by atoms with van der Waals surface area (Å²) in [5.41, 5.74) is 2.87. The second-order valence-corrected chi connectivity index (χ2v) is 9.24. The highest BCUT2D eigenvalue weighted by Gasteiger charge is 2.53. The maximum atomic E-state index is 12.6. The van der Waals surface area contributed by atoms with E-state index in [1.54, 1.807) is 0 Å². The Morgan fingerprint density at radius 3 is 2.69 bits per heavy atom. The number of amides is 1. The van der Waals surface area contributed by atoms with Crippen molar-refractivity contribution in [1.82, 2.24) is 10.5 Å². The van der Waals surface area contributed by atoms with E-state index in [-0.39, 0.29) is 5.91 Å². The molecule has 0 radical (unpaired) electrons. The average Bonchev–Trinajstić information content (AvgIpc) is 3.45. The first-order valence-electron chi connectivity index (χ1n) is 11.0. The zero-order chi connectivity index (χ0) is 20.0. The van der Waals surface area contributed by atoms with Gasteiger partial charge in [0.15, 0.2) is 0 Å². The summed E-state index contributed by atoms with van der Waals surface area (Å²) in [5, 5.41) is 7.30. The van der Waals surface area contributed by atoms with Gasteiger partial charge in [-0.05, 0) is 80.9 Å². The van der Waals surface area contributed by atoms with E-state index < -0.39 is 0 Å². The molecule has 1 aromatic carbocycles. The molecule has 3 saturated carbocycles. The van der Waals surface area contributed by atoms with Crippen LogP contribution in [-0.2, 0) is 17.8 Å². The molecule has 5 atom stereocenters. The molecule has 5 heteroatoms. The molecule has 0 aliphatic heterocycles. The van der Waals surface area contributed by atoms with E-state index in [9.17, 15) is 4.79 Å². The first-order chi connectivity index (χ1) is 14.1. The van der Waals surface area contributed by atoms with Crippen LogP contribution < -0.4 is 10.1 Å². The highest BCUT2D eigenvalue weighted by atomic mass is 16.5. The van der Waals surface area contributed by atoms with E-state index in [0.29, 0.717) is 19.1 Å². The molecule has 3 fully saturated rings. The van der Waals surface area contributed by atoms with Crippen LogP contribution in [0.4, 0.5) is 0 Å². The van der Waals surface area contributed by atoms with Crippen LogP contribution in [0.25, 0.3) is 0 Å². The number of nitrogens with one attached hydrogen (secondary N) is 1. The first kappa shape index (κ1) is 18.7. The Kier molecular flexibility index (Phi) is 4.84. The lowest BCUT2D eigenvalue weighted by Crippen LogP contribution is -2.43. The van der Waals surface area contributed by atoms with Crippen LogP contribution in [0.2, 0.25) is 0 Å². The second-order valence-electron chi connectivity index (χ2n) is 9.24. The number of hydrogen-bond donors (Lipinski definition) is 1. The van der Waals surface area contributed by atoms with Crippen LogP contribution in [0, 0.1) is 37.5 Å². The van der Waals surface area contributed by atoms with Crippen LogP contribution >= 0.6 is 0 Å². The van der Waals surface area contributed by atoms with Gasteiger partial charge in [0.05, 0.1) is 17.7 Å². The van der Waals surface area contributed by atoms with E-state index in [1.807, 2.05) is 38.1 Å². The zero-order valence-electron chi connectivity index (χ0n) is 17.3. The van der Waals surface area contributed by atoms with Crippen LogP contribution in [0.15, 0.2) is 28.8 Å². The van der Waals surface area contributed by atoms with Crippen molar-refractivity contribution in [3.63, 3.8) is 0 Å². The van der Waals surface area contributed by atoms with Crippen molar-refractivity contribution in [3.05, 3.63) is 46.8 Å². The molecule has 5 nitrogen and oxygen atoms in total. The molecular formula is C24H30N2O3. The number of carbonyl (C=O) groups is 1. The monoisotopic (exact) mass is 394 g/mol. The van der Waals surface area contributed by atoms with E-state index in [1.165, 1.54) is 32.1 Å². The summed E-state index contributed by atoms with van der Waals surface area (Å²) in [4.78, 5) is 12.6. The van der Waals surface area contributed by atoms with Gasteiger partial charge < -0.3 is 14.6 Å². The molecule has 0 spiro atoms. The SMILES string of the molecule is Cc1noc(C)c1COc1ccc(CC(=O)N[C@@H]2C[C@H]3C[C@H]2[C@@H]2CCC[C@@H]32)cc1. The predicted octanol–water partition coefficient (Wildman–Crippen LogP) is 4.35. The van der Waals surface area contributed by atoms with E-state index >= 15 is 0 Å². The summed E-state index contributed by atoms with van der Waals surface area (Å²) in [6, 6.07) is 8.24. The molecule has 1 amide bonds. The molecule has 29 heavy (non-hydrogen) atoms. The fourth-order valence-electron chi connectivity index (χ4n) is 6.24. The van der Waals surface area contributed by atoms with Gasteiger partial charge in [0.25, 0.3) is 0 Å². The smallest absolute Gasteiger partial charge is 0.224 e. The minimum Gasteiger partial charge on any atom is -0.489 e. The first-order valence-corrected chi connectivity index (χ1v) is 11.0. The van der Waals surface area contributed by atoms with Crippen molar-refractivity contribution in [2.45, 2.75) is 65.0 Å². The zero-order valence-corrected chi connectivity index (χ0v) is 17.3. The minimum atomic E-state index is 0.154. The van der Waals surface area contributed by atoms with Crippen molar-refractivity contribution in [2.75, 3.05) is 0 Å². The van der Waals surface area contributed by atoms with Gasteiger partial charge in [0.2, 0.25) is 5.91 Å². The van der Waals surface area contributed by atoms with Gasteiger partial charge in [-0.2, -0.15) is 0 Å². The molecule has 1 N–H and O–H groups in total. The molecule has 2 bridgehead atoms. The van der Waals surface area contributed by atoms with Gasteiger partial charge >= 0.3 is 0 Å². The molecule has 2 aromatic rings. The Bertz CT molecular complexity index is 869. The topological polar surface area (TPSA) is 64.4 Å². The summed E-state index contributed by atoms with van der Waals surface area (Å²) in [7, 11) is 0. The Morgan fingerprint density at radius 1 is 1.14 bits per heavy atom. The van der Waals surface area contributed by atoms with E-state index in [4.69, 9.17) is 9.26 Å². The molecule has 154 valence electrons. The number of carbonyl (C=O) groups excluding carboxylic acids is 1. The third-order valence-corrected chi connectivity index (χ3v) is 7.63. The van der Waals surface area contributed by atoms with E-state index in [0.717, 1.165) is 52.0 Å². The predicted molar refractivity (Wildman–Crippen MR) is 109 cm³/mol. The van der Waals surface area contributed by atoms with Gasteiger partial charge in [-0.1, -0.05) is 23.7 Å². The lowest BCUT2D eigenvalue weighted by Gasteiger charge is -2.32. The number of aryl methyl sites for hydroxylation is 2. The third-order valence-electron chi connectivity index (χ3n) is 7.63. The van der Waals surface area contributed by atoms with Gasteiger partial charge in [-0.3, -0.25) is 4.79 Å². The Balaban J connectivity index is 1.13. The highest BCUT2D eigenvalue weighted by Crippen LogP contribution is 2.58. The number of fused-ring (bicyclic) bond motifs is 5. The number of benzene rings is 1. The summed E-state index contributed by atoms with van der Waals surface area (Å²) in [6.45, 7) is 4.25. The summed E-state index contributed by atoms with van der Waals surface area (Å²) >= 11 is 0. The molecule has 3 aliphatic rings. The molecule has 1 heterocycles. The van der Waals surface area contributed by atoms with E-state index in [2.05, 4.69) is 10.5 Å². The molecule has 1 aromatic heterocycles. The van der Waals surface area contributed by atoms with Crippen molar-refractivity contribution >= 4 is 5.91 Å². The van der Waals surface area contributed by atoms with Crippen molar-refractivity contribution in [3.8, 4) is 5.75 Å². The fraction of sp³-hybridized carbons (Fsp3) is 0.583. The van der Waals surface area contributed by atoms with Gasteiger partial charge in [0, 0.05) is 6.04 Å². The lowest BCUT2D eigenvalue weighted by molar-refractivity contribution is -0.121. The third kappa shape index (κ3) is 3.56. The summed E-state index contributed by atoms with van der Waals surface area (Å²) in [5.74, 6) is 5.18. The number of hydrogen-bond acceptors (Lipinski definition) is 4. The van der Waals surface area contributed by atoms with Crippen LogP contribution in [0.5, 0.6) is 5.75 Å². The molecule has 0 saturated heterocycles. The molecule has 3 aliphatic carbocycles.